The van der Waals surface area contributed by atoms with Crippen LogP contribution in [0, 0.1) is 0 Å². The minimum Gasteiger partial charge on any atom is -0.508 e. The fraction of sp³-hybridized carbons (Fsp3) is 0. The molecule has 0 bridgehead atoms. The number of hydrogen-bond acceptors (Lipinski definition) is 4. The summed E-state index contributed by atoms with van der Waals surface area (Å²) in [6.07, 6.45) is 4.31. The Hall–Kier alpha value is -2.30. The summed E-state index contributed by atoms with van der Waals surface area (Å²) < 4.78 is 1.26. The van der Waals surface area contributed by atoms with Gasteiger partial charge in [0.05, 0.1) is 0 Å². The molecular formula is C10H8N2O3. The third-order valence-electron chi connectivity index (χ3n) is 1.89. The number of aromatic nitrogens is 2. The highest BCUT2D eigenvalue weighted by Crippen LogP contribution is 2.20. The van der Waals surface area contributed by atoms with Gasteiger partial charge < -0.3 is 10.2 Å². The van der Waals surface area contributed by atoms with Gasteiger partial charge in [0, 0.05) is 24.0 Å². The lowest BCUT2D eigenvalue weighted by atomic mass is 10.2. The third-order valence-corrected chi connectivity index (χ3v) is 1.89. The number of aromatic hydroxyl groups is 2. The molecule has 0 aliphatic heterocycles. The standard InChI is InChI=1S/C10H8N2O3/c13-8-3-7(4-9(14)5-8)10(15)12-2-1-11-6-12/h1-6,13-14H. The predicted molar refractivity (Wildman–Crippen MR) is 51.7 cm³/mol. The Morgan fingerprint density at radius 1 is 1.20 bits per heavy atom. The largest absolute Gasteiger partial charge is 0.508 e. The van der Waals surface area contributed by atoms with E-state index in [4.69, 9.17) is 0 Å². The average Bonchev–Trinajstić information content (AvgIpc) is 2.67. The topological polar surface area (TPSA) is 75.3 Å². The molecule has 0 amide bonds. The molecule has 0 fully saturated rings. The molecule has 5 nitrogen and oxygen atoms in total. The number of phenolic OH excluding ortho intramolecular Hbond substituents is 2. The van der Waals surface area contributed by atoms with Gasteiger partial charge >= 0.3 is 0 Å². The lowest BCUT2D eigenvalue weighted by Gasteiger charge is -2.02. The van der Waals surface area contributed by atoms with E-state index >= 15 is 0 Å². The minimum atomic E-state index is -0.362. The molecule has 0 saturated carbocycles. The van der Waals surface area contributed by atoms with Crippen molar-refractivity contribution >= 4 is 5.91 Å². The minimum absolute atomic E-state index is 0.154. The molecule has 15 heavy (non-hydrogen) atoms. The summed E-state index contributed by atoms with van der Waals surface area (Å²) in [6.45, 7) is 0. The van der Waals surface area contributed by atoms with Gasteiger partial charge in [-0.1, -0.05) is 0 Å². The van der Waals surface area contributed by atoms with Crippen LogP contribution in [0.3, 0.4) is 0 Å². The maximum atomic E-state index is 11.7. The second-order valence-electron chi connectivity index (χ2n) is 3.01. The van der Waals surface area contributed by atoms with E-state index in [1.54, 1.807) is 0 Å². The molecule has 0 aliphatic carbocycles. The molecule has 1 heterocycles. The van der Waals surface area contributed by atoms with Crippen molar-refractivity contribution in [3.8, 4) is 11.5 Å². The summed E-state index contributed by atoms with van der Waals surface area (Å²) in [5.41, 5.74) is 0.200. The first-order valence-electron chi connectivity index (χ1n) is 4.22. The van der Waals surface area contributed by atoms with Gasteiger partial charge in [-0.2, -0.15) is 0 Å². The van der Waals surface area contributed by atoms with Crippen molar-refractivity contribution in [2.24, 2.45) is 0 Å². The summed E-state index contributed by atoms with van der Waals surface area (Å²) in [5.74, 6) is -0.671. The average molecular weight is 204 g/mol. The van der Waals surface area contributed by atoms with Crippen LogP contribution in [0.1, 0.15) is 10.4 Å². The van der Waals surface area contributed by atoms with Gasteiger partial charge in [0.2, 0.25) is 0 Å². The molecule has 0 unspecified atom stereocenters. The van der Waals surface area contributed by atoms with E-state index in [9.17, 15) is 15.0 Å². The predicted octanol–water partition coefficient (Wildman–Crippen LogP) is 0.983. The zero-order chi connectivity index (χ0) is 10.8. The first-order chi connectivity index (χ1) is 7.16. The molecule has 2 N–H and O–H groups in total. The fourth-order valence-corrected chi connectivity index (χ4v) is 1.25. The highest BCUT2D eigenvalue weighted by atomic mass is 16.3. The van der Waals surface area contributed by atoms with Gasteiger partial charge in [-0.15, -0.1) is 0 Å². The Labute approximate surface area is 85.2 Å². The molecule has 0 radical (unpaired) electrons. The molecule has 0 atom stereocenters. The molecule has 76 valence electrons. The van der Waals surface area contributed by atoms with Crippen LogP contribution in [0.25, 0.3) is 0 Å². The summed E-state index contributed by atoms with van der Waals surface area (Å²) in [5, 5.41) is 18.4. The second kappa shape index (κ2) is 3.45. The molecule has 1 aromatic heterocycles. The number of nitrogens with zero attached hydrogens (tertiary/aromatic N) is 2. The number of carbonyl (C=O) groups is 1. The van der Waals surface area contributed by atoms with Crippen LogP contribution in [-0.4, -0.2) is 25.7 Å². The van der Waals surface area contributed by atoms with Crippen LogP contribution in [0.5, 0.6) is 11.5 Å². The SMILES string of the molecule is O=C(c1cc(O)cc(O)c1)n1ccnc1. The quantitative estimate of drug-likeness (QED) is 0.726. The van der Waals surface area contributed by atoms with E-state index in [0.29, 0.717) is 0 Å². The summed E-state index contributed by atoms with van der Waals surface area (Å²) in [7, 11) is 0. The van der Waals surface area contributed by atoms with E-state index in [0.717, 1.165) is 6.07 Å². The third kappa shape index (κ3) is 1.80. The van der Waals surface area contributed by atoms with Crippen molar-refractivity contribution in [3.05, 3.63) is 42.5 Å². The highest BCUT2D eigenvalue weighted by Gasteiger charge is 2.09. The van der Waals surface area contributed by atoms with Gasteiger partial charge in [-0.3, -0.25) is 9.36 Å². The summed E-state index contributed by atoms with van der Waals surface area (Å²) in [4.78, 5) is 15.4. The number of rotatable bonds is 1. The molecule has 5 heteroatoms. The van der Waals surface area contributed by atoms with Crippen LogP contribution in [0.15, 0.2) is 36.9 Å². The Balaban J connectivity index is 2.42. The molecular weight excluding hydrogens is 196 g/mol. The van der Waals surface area contributed by atoms with Gasteiger partial charge in [0.1, 0.15) is 17.8 Å². The van der Waals surface area contributed by atoms with E-state index in [1.165, 1.54) is 35.4 Å². The Kier molecular flexibility index (Phi) is 2.13. The zero-order valence-electron chi connectivity index (χ0n) is 7.66. The van der Waals surface area contributed by atoms with Gasteiger partial charge in [0.15, 0.2) is 0 Å². The van der Waals surface area contributed by atoms with Gasteiger partial charge in [-0.25, -0.2) is 4.98 Å². The van der Waals surface area contributed by atoms with Gasteiger partial charge in [-0.05, 0) is 12.1 Å². The number of imidazole rings is 1. The van der Waals surface area contributed by atoms with Crippen molar-refractivity contribution < 1.29 is 15.0 Å². The molecule has 2 aromatic rings. The first kappa shape index (κ1) is 9.26. The number of carbonyl (C=O) groups excluding carboxylic acids is 1. The van der Waals surface area contributed by atoms with E-state index in [1.807, 2.05) is 0 Å². The lowest BCUT2D eigenvalue weighted by Crippen LogP contribution is -2.09. The molecule has 0 aliphatic rings. The number of benzene rings is 1. The van der Waals surface area contributed by atoms with E-state index in [-0.39, 0.29) is 23.0 Å². The zero-order valence-corrected chi connectivity index (χ0v) is 7.66. The van der Waals surface area contributed by atoms with Crippen molar-refractivity contribution in [3.63, 3.8) is 0 Å². The number of hydrogen-bond donors (Lipinski definition) is 2. The normalized spacial score (nSPS) is 10.1. The smallest absolute Gasteiger partial charge is 0.263 e. The Morgan fingerprint density at radius 2 is 1.87 bits per heavy atom. The highest BCUT2D eigenvalue weighted by molar-refractivity contribution is 5.96. The Bertz CT molecular complexity index is 471. The maximum Gasteiger partial charge on any atom is 0.263 e. The number of phenols is 2. The molecule has 0 spiro atoms. The van der Waals surface area contributed by atoms with Crippen molar-refractivity contribution in [1.82, 2.24) is 9.55 Å². The summed E-state index contributed by atoms with van der Waals surface area (Å²) in [6, 6.07) is 3.72. The maximum absolute atomic E-state index is 11.7. The summed E-state index contributed by atoms with van der Waals surface area (Å²) >= 11 is 0. The van der Waals surface area contributed by atoms with Crippen molar-refractivity contribution in [1.29, 1.82) is 0 Å². The fourth-order valence-electron chi connectivity index (χ4n) is 1.25. The van der Waals surface area contributed by atoms with Crippen LogP contribution < -0.4 is 0 Å². The monoisotopic (exact) mass is 204 g/mol. The van der Waals surface area contributed by atoms with Crippen LogP contribution in [0.4, 0.5) is 0 Å². The van der Waals surface area contributed by atoms with Crippen molar-refractivity contribution in [2.75, 3.05) is 0 Å². The lowest BCUT2D eigenvalue weighted by molar-refractivity contribution is 0.0959. The molecule has 1 aromatic carbocycles. The molecule has 2 rings (SSSR count). The Morgan fingerprint density at radius 3 is 2.40 bits per heavy atom. The molecule has 0 saturated heterocycles. The second-order valence-corrected chi connectivity index (χ2v) is 3.01. The van der Waals surface area contributed by atoms with Crippen molar-refractivity contribution in [2.45, 2.75) is 0 Å². The van der Waals surface area contributed by atoms with Gasteiger partial charge in [0.25, 0.3) is 5.91 Å². The van der Waals surface area contributed by atoms with E-state index in [2.05, 4.69) is 4.98 Å². The van der Waals surface area contributed by atoms with Crippen LogP contribution >= 0.6 is 0 Å². The first-order valence-corrected chi connectivity index (χ1v) is 4.22. The van der Waals surface area contributed by atoms with Crippen LogP contribution in [-0.2, 0) is 0 Å². The van der Waals surface area contributed by atoms with Crippen LogP contribution in [0.2, 0.25) is 0 Å². The van der Waals surface area contributed by atoms with E-state index < -0.39 is 0 Å².